The zero-order chi connectivity index (χ0) is 20.4. The molecule has 2 aliphatic rings. The van der Waals surface area contributed by atoms with E-state index in [1.807, 2.05) is 9.80 Å². The quantitative estimate of drug-likeness (QED) is 0.680. The molecular formula is C20H27BrN2O5. The summed E-state index contributed by atoms with van der Waals surface area (Å²) in [7, 11) is 3.11. The van der Waals surface area contributed by atoms with E-state index < -0.39 is 0 Å². The van der Waals surface area contributed by atoms with Crippen molar-refractivity contribution in [3.8, 4) is 11.5 Å². The van der Waals surface area contributed by atoms with Crippen LogP contribution in [0.2, 0.25) is 0 Å². The molecule has 1 atom stereocenters. The molecule has 154 valence electrons. The first-order valence-electron chi connectivity index (χ1n) is 9.53. The van der Waals surface area contributed by atoms with E-state index in [1.54, 1.807) is 26.4 Å². The Labute approximate surface area is 174 Å². The van der Waals surface area contributed by atoms with Crippen LogP contribution in [-0.2, 0) is 4.74 Å². The third kappa shape index (κ3) is 3.92. The summed E-state index contributed by atoms with van der Waals surface area (Å²) in [5.74, 6) is 1.37. The van der Waals surface area contributed by atoms with Crippen molar-refractivity contribution < 1.29 is 23.8 Å². The lowest BCUT2D eigenvalue weighted by Gasteiger charge is -2.38. The van der Waals surface area contributed by atoms with Gasteiger partial charge in [0.15, 0.2) is 11.5 Å². The predicted octanol–water partition coefficient (Wildman–Crippen LogP) is 3.55. The van der Waals surface area contributed by atoms with E-state index in [9.17, 15) is 9.59 Å². The van der Waals surface area contributed by atoms with Gasteiger partial charge in [0.25, 0.3) is 5.91 Å². The number of likely N-dealkylation sites (tertiary alicyclic amines) is 1. The Bertz CT molecular complexity index is 746. The fourth-order valence-electron chi connectivity index (χ4n) is 3.92. The number of carbonyl (C=O) groups is 2. The molecule has 2 fully saturated rings. The second-order valence-electron chi connectivity index (χ2n) is 7.51. The van der Waals surface area contributed by atoms with E-state index in [-0.39, 0.29) is 24.1 Å². The monoisotopic (exact) mass is 454 g/mol. The maximum Gasteiger partial charge on any atom is 0.410 e. The van der Waals surface area contributed by atoms with E-state index in [0.717, 1.165) is 12.8 Å². The van der Waals surface area contributed by atoms with Crippen LogP contribution >= 0.6 is 15.9 Å². The van der Waals surface area contributed by atoms with Gasteiger partial charge in [-0.2, -0.15) is 0 Å². The van der Waals surface area contributed by atoms with Crippen LogP contribution in [0, 0.1) is 5.92 Å². The maximum atomic E-state index is 13.0. The van der Waals surface area contributed by atoms with Gasteiger partial charge in [-0.3, -0.25) is 9.69 Å². The van der Waals surface area contributed by atoms with Crippen LogP contribution in [0.25, 0.3) is 0 Å². The van der Waals surface area contributed by atoms with Gasteiger partial charge in [0, 0.05) is 23.6 Å². The van der Waals surface area contributed by atoms with Crippen molar-refractivity contribution >= 4 is 27.9 Å². The van der Waals surface area contributed by atoms with Crippen molar-refractivity contribution in [2.24, 2.45) is 5.92 Å². The molecule has 1 unspecified atom stereocenters. The van der Waals surface area contributed by atoms with Crippen LogP contribution in [0.3, 0.4) is 0 Å². The lowest BCUT2D eigenvalue weighted by Crippen LogP contribution is -2.51. The number of methoxy groups -OCH3 is 2. The number of benzene rings is 1. The molecule has 1 aromatic carbocycles. The number of nitrogens with zero attached hydrogens (tertiary/aromatic N) is 2. The Morgan fingerprint density at radius 3 is 2.36 bits per heavy atom. The van der Waals surface area contributed by atoms with Gasteiger partial charge in [-0.15, -0.1) is 0 Å². The van der Waals surface area contributed by atoms with Crippen LogP contribution in [0.4, 0.5) is 4.79 Å². The van der Waals surface area contributed by atoms with Crippen LogP contribution < -0.4 is 9.47 Å². The number of carbonyl (C=O) groups excluding carboxylic acids is 2. The smallest absolute Gasteiger partial charge is 0.410 e. The van der Waals surface area contributed by atoms with Gasteiger partial charge in [-0.25, -0.2) is 4.79 Å². The molecule has 2 saturated heterocycles. The number of hydrogen-bond acceptors (Lipinski definition) is 5. The average Bonchev–Trinajstić information content (AvgIpc) is 3.09. The molecule has 0 spiro atoms. The van der Waals surface area contributed by atoms with Crippen molar-refractivity contribution in [2.45, 2.75) is 38.8 Å². The molecule has 0 bridgehead atoms. The van der Waals surface area contributed by atoms with Crippen molar-refractivity contribution in [3.63, 3.8) is 0 Å². The standard InChI is InChI=1S/C20H27BrN2O5/c1-12(2)16-11-28-20(25)23(16)13-5-7-22(8-6-13)19(24)14-9-17(26-3)18(27-4)10-15(14)21/h9-10,12-13,16H,5-8,11H2,1-4H3. The highest BCUT2D eigenvalue weighted by atomic mass is 79.9. The zero-order valence-electron chi connectivity index (χ0n) is 16.7. The Balaban J connectivity index is 1.70. The van der Waals surface area contributed by atoms with Gasteiger partial charge in [-0.1, -0.05) is 13.8 Å². The maximum absolute atomic E-state index is 13.0. The number of halogens is 1. The van der Waals surface area contributed by atoms with Crippen molar-refractivity contribution in [2.75, 3.05) is 33.9 Å². The topological polar surface area (TPSA) is 68.3 Å². The van der Waals surface area contributed by atoms with Gasteiger partial charge in [-0.05, 0) is 46.8 Å². The number of rotatable bonds is 5. The van der Waals surface area contributed by atoms with E-state index >= 15 is 0 Å². The second-order valence-corrected chi connectivity index (χ2v) is 8.36. The number of ether oxygens (including phenoxy) is 3. The molecule has 0 aliphatic carbocycles. The fourth-order valence-corrected chi connectivity index (χ4v) is 4.41. The summed E-state index contributed by atoms with van der Waals surface area (Å²) < 4.78 is 16.5. The van der Waals surface area contributed by atoms with Gasteiger partial charge >= 0.3 is 6.09 Å². The van der Waals surface area contributed by atoms with E-state index in [0.29, 0.717) is 47.1 Å². The Kier molecular flexibility index (Phi) is 6.37. The molecule has 0 N–H and O–H groups in total. The van der Waals surface area contributed by atoms with E-state index in [4.69, 9.17) is 14.2 Å². The zero-order valence-corrected chi connectivity index (χ0v) is 18.3. The largest absolute Gasteiger partial charge is 0.493 e. The molecule has 0 radical (unpaired) electrons. The lowest BCUT2D eigenvalue weighted by molar-refractivity contribution is 0.0618. The molecule has 1 aromatic rings. The van der Waals surface area contributed by atoms with Gasteiger partial charge in [0.05, 0.1) is 25.8 Å². The third-order valence-corrected chi connectivity index (χ3v) is 6.22. The Hall–Kier alpha value is -1.96. The molecule has 28 heavy (non-hydrogen) atoms. The van der Waals surface area contributed by atoms with Gasteiger partial charge in [0.1, 0.15) is 6.61 Å². The van der Waals surface area contributed by atoms with Crippen LogP contribution in [0.1, 0.15) is 37.0 Å². The first-order valence-corrected chi connectivity index (χ1v) is 10.3. The normalized spacial score (nSPS) is 20.5. The predicted molar refractivity (Wildman–Crippen MR) is 108 cm³/mol. The van der Waals surface area contributed by atoms with Crippen molar-refractivity contribution in [1.82, 2.24) is 9.80 Å². The molecule has 3 rings (SSSR count). The highest BCUT2D eigenvalue weighted by molar-refractivity contribution is 9.10. The fraction of sp³-hybridized carbons (Fsp3) is 0.600. The highest BCUT2D eigenvalue weighted by Gasteiger charge is 2.41. The minimum atomic E-state index is -0.230. The molecule has 2 amide bonds. The Morgan fingerprint density at radius 1 is 1.18 bits per heavy atom. The summed E-state index contributed by atoms with van der Waals surface area (Å²) in [4.78, 5) is 29.0. The van der Waals surface area contributed by atoms with Crippen LogP contribution in [0.15, 0.2) is 16.6 Å². The van der Waals surface area contributed by atoms with Crippen molar-refractivity contribution in [3.05, 3.63) is 22.2 Å². The minimum Gasteiger partial charge on any atom is -0.493 e. The molecule has 0 saturated carbocycles. The molecule has 0 aromatic heterocycles. The first kappa shape index (κ1) is 20.8. The van der Waals surface area contributed by atoms with Gasteiger partial charge in [0.2, 0.25) is 0 Å². The van der Waals surface area contributed by atoms with Crippen LogP contribution in [0.5, 0.6) is 11.5 Å². The lowest BCUT2D eigenvalue weighted by atomic mass is 9.97. The van der Waals surface area contributed by atoms with Crippen molar-refractivity contribution in [1.29, 1.82) is 0 Å². The number of amides is 2. The minimum absolute atomic E-state index is 0.0595. The summed E-state index contributed by atoms with van der Waals surface area (Å²) >= 11 is 3.46. The average molecular weight is 455 g/mol. The SMILES string of the molecule is COc1cc(Br)c(C(=O)N2CCC(N3C(=O)OCC3C(C)C)CC2)cc1OC. The summed E-state index contributed by atoms with van der Waals surface area (Å²) in [5.41, 5.74) is 0.539. The molecule has 2 heterocycles. The van der Waals surface area contributed by atoms with Crippen LogP contribution in [-0.4, -0.2) is 67.8 Å². The summed E-state index contributed by atoms with van der Waals surface area (Å²) in [6, 6.07) is 3.66. The number of hydrogen-bond donors (Lipinski definition) is 0. The second kappa shape index (κ2) is 8.59. The summed E-state index contributed by atoms with van der Waals surface area (Å²) in [6.07, 6.45) is 1.26. The molecule has 7 nitrogen and oxygen atoms in total. The number of cyclic esters (lactones) is 1. The number of piperidine rings is 1. The highest BCUT2D eigenvalue weighted by Crippen LogP contribution is 2.34. The molecule has 2 aliphatic heterocycles. The van der Waals surface area contributed by atoms with E-state index in [2.05, 4.69) is 29.8 Å². The summed E-state index contributed by atoms with van der Waals surface area (Å²) in [6.45, 7) is 5.85. The Morgan fingerprint density at radius 2 is 1.79 bits per heavy atom. The van der Waals surface area contributed by atoms with E-state index in [1.165, 1.54) is 0 Å². The first-order chi connectivity index (χ1) is 13.4. The third-order valence-electron chi connectivity index (χ3n) is 5.56. The molecular weight excluding hydrogens is 428 g/mol. The molecule has 8 heteroatoms. The summed E-state index contributed by atoms with van der Waals surface area (Å²) in [5, 5.41) is 0. The van der Waals surface area contributed by atoms with Gasteiger partial charge < -0.3 is 19.1 Å².